The summed E-state index contributed by atoms with van der Waals surface area (Å²) in [5, 5.41) is 0. The Hall–Kier alpha value is -0.730. The molecule has 0 unspecified atom stereocenters. The average Bonchev–Trinajstić information content (AvgIpc) is 2.53. The molecule has 0 heterocycles. The molecule has 2 N–H and O–H groups in total. The van der Waals surface area contributed by atoms with E-state index < -0.39 is 6.09 Å². The smallest absolute Gasteiger partial charge is 0.405 e. The second-order valence-corrected chi connectivity index (χ2v) is 4.27. The van der Waals surface area contributed by atoms with Crippen molar-refractivity contribution < 1.29 is 9.53 Å². The summed E-state index contributed by atoms with van der Waals surface area (Å²) >= 11 is 0. The largest absolute Gasteiger partial charge is 0.443 e. The highest BCUT2D eigenvalue weighted by molar-refractivity contribution is 5.65. The average molecular weight is 199 g/mol. The van der Waals surface area contributed by atoms with Crippen molar-refractivity contribution in [1.82, 2.24) is 0 Å². The van der Waals surface area contributed by atoms with Crippen LogP contribution in [0.4, 0.5) is 4.79 Å². The molecule has 0 spiro atoms. The summed E-state index contributed by atoms with van der Waals surface area (Å²) in [6.07, 6.45) is 8.27. The van der Waals surface area contributed by atoms with Gasteiger partial charge in [-0.15, -0.1) is 0 Å². The Labute approximate surface area is 86.0 Å². The fourth-order valence-corrected chi connectivity index (χ4v) is 2.33. The van der Waals surface area contributed by atoms with Crippen LogP contribution in [0.2, 0.25) is 0 Å². The first-order chi connectivity index (χ1) is 6.68. The van der Waals surface area contributed by atoms with Gasteiger partial charge in [-0.25, -0.2) is 4.79 Å². The van der Waals surface area contributed by atoms with Crippen LogP contribution < -0.4 is 5.73 Å². The molecule has 0 bridgehead atoms. The normalized spacial score (nSPS) is 19.5. The number of carbonyl (C=O) groups excluding carboxylic acids is 1. The first kappa shape index (κ1) is 11.3. The maximum Gasteiger partial charge on any atom is 0.405 e. The second-order valence-electron chi connectivity index (χ2n) is 4.27. The zero-order valence-corrected chi connectivity index (χ0v) is 9.05. The van der Waals surface area contributed by atoms with Crippen LogP contribution in [-0.2, 0) is 4.74 Å². The molecule has 3 nitrogen and oxygen atoms in total. The Balaban J connectivity index is 2.40. The molecule has 0 saturated heterocycles. The lowest BCUT2D eigenvalue weighted by atomic mass is 9.94. The summed E-state index contributed by atoms with van der Waals surface area (Å²) in [7, 11) is 0. The third-order valence-corrected chi connectivity index (χ3v) is 3.07. The van der Waals surface area contributed by atoms with E-state index in [9.17, 15) is 4.79 Å². The van der Waals surface area contributed by atoms with E-state index in [-0.39, 0.29) is 5.60 Å². The lowest BCUT2D eigenvalue weighted by Crippen LogP contribution is -2.34. The first-order valence-corrected chi connectivity index (χ1v) is 5.67. The number of primary amides is 1. The third kappa shape index (κ3) is 3.20. The predicted molar refractivity (Wildman–Crippen MR) is 56.0 cm³/mol. The Bertz CT molecular complexity index is 186. The van der Waals surface area contributed by atoms with E-state index in [4.69, 9.17) is 10.5 Å². The van der Waals surface area contributed by atoms with E-state index in [0.717, 1.165) is 25.7 Å². The quantitative estimate of drug-likeness (QED) is 0.692. The van der Waals surface area contributed by atoms with Crippen molar-refractivity contribution >= 4 is 6.09 Å². The molecule has 0 aromatic rings. The molecule has 1 saturated carbocycles. The Morgan fingerprint density at radius 1 is 1.36 bits per heavy atom. The standard InChI is InChI=1S/C11H21NO2/c1-2-3-4-7-11(14-10(12)13)8-5-6-9-11/h2-9H2,1H3,(H2,12,13). The summed E-state index contributed by atoms with van der Waals surface area (Å²) in [5.41, 5.74) is 4.89. The molecule has 1 aliphatic rings. The van der Waals surface area contributed by atoms with Crippen LogP contribution in [0.25, 0.3) is 0 Å². The van der Waals surface area contributed by atoms with Crippen molar-refractivity contribution in [2.24, 2.45) is 5.73 Å². The Morgan fingerprint density at radius 2 is 2.00 bits per heavy atom. The van der Waals surface area contributed by atoms with Gasteiger partial charge < -0.3 is 10.5 Å². The van der Waals surface area contributed by atoms with Gasteiger partial charge in [0.25, 0.3) is 0 Å². The monoisotopic (exact) mass is 199 g/mol. The molecule has 1 rings (SSSR count). The summed E-state index contributed by atoms with van der Waals surface area (Å²) in [6, 6.07) is 0. The highest BCUT2D eigenvalue weighted by atomic mass is 16.6. The van der Waals surface area contributed by atoms with E-state index in [1.54, 1.807) is 0 Å². The van der Waals surface area contributed by atoms with Crippen molar-refractivity contribution in [3.63, 3.8) is 0 Å². The van der Waals surface area contributed by atoms with E-state index in [1.165, 1.54) is 25.7 Å². The summed E-state index contributed by atoms with van der Waals surface area (Å²) < 4.78 is 5.28. The van der Waals surface area contributed by atoms with Crippen molar-refractivity contribution in [1.29, 1.82) is 0 Å². The van der Waals surface area contributed by atoms with Gasteiger partial charge in [0.15, 0.2) is 0 Å². The summed E-state index contributed by atoms with van der Waals surface area (Å²) in [5.74, 6) is 0. The minimum Gasteiger partial charge on any atom is -0.443 e. The predicted octanol–water partition coefficient (Wildman–Crippen LogP) is 2.97. The van der Waals surface area contributed by atoms with E-state index in [0.29, 0.717) is 0 Å². The molecule has 3 heteroatoms. The minimum atomic E-state index is -0.608. The molecule has 0 atom stereocenters. The number of rotatable bonds is 5. The fraction of sp³-hybridized carbons (Fsp3) is 0.909. The summed E-state index contributed by atoms with van der Waals surface area (Å²) in [4.78, 5) is 10.8. The van der Waals surface area contributed by atoms with Gasteiger partial charge in [-0.2, -0.15) is 0 Å². The highest BCUT2D eigenvalue weighted by Crippen LogP contribution is 2.37. The molecule has 0 radical (unpaired) electrons. The fourth-order valence-electron chi connectivity index (χ4n) is 2.33. The highest BCUT2D eigenvalue weighted by Gasteiger charge is 2.36. The van der Waals surface area contributed by atoms with Gasteiger partial charge in [0.2, 0.25) is 0 Å². The number of hydrogen-bond acceptors (Lipinski definition) is 2. The Kier molecular flexibility index (Phi) is 4.23. The maximum absolute atomic E-state index is 10.8. The van der Waals surface area contributed by atoms with Crippen molar-refractivity contribution in [2.75, 3.05) is 0 Å². The van der Waals surface area contributed by atoms with E-state index in [1.807, 2.05) is 0 Å². The van der Waals surface area contributed by atoms with Crippen LogP contribution in [0.3, 0.4) is 0 Å². The van der Waals surface area contributed by atoms with E-state index >= 15 is 0 Å². The third-order valence-electron chi connectivity index (χ3n) is 3.07. The van der Waals surface area contributed by atoms with Gasteiger partial charge in [-0.3, -0.25) is 0 Å². The molecule has 0 aliphatic heterocycles. The summed E-state index contributed by atoms with van der Waals surface area (Å²) in [6.45, 7) is 2.18. The molecular weight excluding hydrogens is 178 g/mol. The molecule has 1 amide bonds. The molecule has 0 aromatic heterocycles. The zero-order valence-electron chi connectivity index (χ0n) is 9.05. The zero-order chi connectivity index (χ0) is 10.4. The van der Waals surface area contributed by atoms with E-state index in [2.05, 4.69) is 6.92 Å². The van der Waals surface area contributed by atoms with Crippen LogP contribution in [-0.4, -0.2) is 11.7 Å². The molecule has 14 heavy (non-hydrogen) atoms. The lowest BCUT2D eigenvalue weighted by molar-refractivity contribution is 0.0132. The van der Waals surface area contributed by atoms with Crippen LogP contribution in [0, 0.1) is 0 Å². The first-order valence-electron chi connectivity index (χ1n) is 5.67. The van der Waals surface area contributed by atoms with Gasteiger partial charge in [-0.05, 0) is 38.5 Å². The Morgan fingerprint density at radius 3 is 2.50 bits per heavy atom. The van der Waals surface area contributed by atoms with Gasteiger partial charge in [0, 0.05) is 0 Å². The number of unbranched alkanes of at least 4 members (excludes halogenated alkanes) is 2. The molecule has 82 valence electrons. The van der Waals surface area contributed by atoms with Crippen molar-refractivity contribution in [3.8, 4) is 0 Å². The maximum atomic E-state index is 10.8. The molecule has 0 aromatic carbocycles. The number of carbonyl (C=O) groups is 1. The number of ether oxygens (including phenoxy) is 1. The van der Waals surface area contributed by atoms with Gasteiger partial charge >= 0.3 is 6.09 Å². The van der Waals surface area contributed by atoms with Crippen LogP contribution >= 0.6 is 0 Å². The molecule has 1 fully saturated rings. The van der Waals surface area contributed by atoms with Gasteiger partial charge in [0.1, 0.15) is 5.60 Å². The number of nitrogens with two attached hydrogens (primary N) is 1. The lowest BCUT2D eigenvalue weighted by Gasteiger charge is -2.28. The van der Waals surface area contributed by atoms with Crippen LogP contribution in [0.5, 0.6) is 0 Å². The number of amides is 1. The second kappa shape index (κ2) is 5.23. The van der Waals surface area contributed by atoms with Crippen LogP contribution in [0.15, 0.2) is 0 Å². The van der Waals surface area contributed by atoms with Gasteiger partial charge in [0.05, 0.1) is 0 Å². The molecular formula is C11H21NO2. The molecule has 1 aliphatic carbocycles. The van der Waals surface area contributed by atoms with Gasteiger partial charge in [-0.1, -0.05) is 19.8 Å². The van der Waals surface area contributed by atoms with Crippen LogP contribution in [0.1, 0.15) is 58.3 Å². The SMILES string of the molecule is CCCCCC1(OC(N)=O)CCCC1. The van der Waals surface area contributed by atoms with Crippen molar-refractivity contribution in [3.05, 3.63) is 0 Å². The topological polar surface area (TPSA) is 52.3 Å². The van der Waals surface area contributed by atoms with Crippen molar-refractivity contribution in [2.45, 2.75) is 63.9 Å². The number of hydrogen-bond donors (Lipinski definition) is 1. The minimum absolute atomic E-state index is 0.207.